The summed E-state index contributed by atoms with van der Waals surface area (Å²) in [5.74, 6) is -0.364. The highest BCUT2D eigenvalue weighted by Gasteiger charge is 2.31. The Morgan fingerprint density at radius 3 is 2.77 bits per heavy atom. The van der Waals surface area contributed by atoms with E-state index >= 15 is 0 Å². The number of methoxy groups -OCH3 is 1. The van der Waals surface area contributed by atoms with E-state index in [1.807, 2.05) is 0 Å². The molecule has 0 saturated carbocycles. The summed E-state index contributed by atoms with van der Waals surface area (Å²) in [5.41, 5.74) is 0.517. The first kappa shape index (κ1) is 17.2. The van der Waals surface area contributed by atoms with Crippen molar-refractivity contribution >= 4 is 10.2 Å². The van der Waals surface area contributed by atoms with E-state index < -0.39 is 16.0 Å². The molecule has 22 heavy (non-hydrogen) atoms. The monoisotopic (exact) mass is 330 g/mol. The second-order valence-corrected chi connectivity index (χ2v) is 7.54. The number of halogens is 1. The summed E-state index contributed by atoms with van der Waals surface area (Å²) in [4.78, 5) is 0. The van der Waals surface area contributed by atoms with Crippen molar-refractivity contribution in [2.75, 3.05) is 20.2 Å². The van der Waals surface area contributed by atoms with Gasteiger partial charge in [0.2, 0.25) is 0 Å². The van der Waals surface area contributed by atoms with E-state index in [9.17, 15) is 12.8 Å². The zero-order valence-electron chi connectivity index (χ0n) is 13.2. The maximum Gasteiger partial charge on any atom is 0.279 e. The number of nitrogens with one attached hydrogen (secondary N) is 1. The van der Waals surface area contributed by atoms with Gasteiger partial charge in [-0.25, -0.2) is 4.39 Å². The van der Waals surface area contributed by atoms with Gasteiger partial charge < -0.3 is 4.74 Å². The van der Waals surface area contributed by atoms with Gasteiger partial charge in [-0.3, -0.25) is 0 Å². The second-order valence-electron chi connectivity index (χ2n) is 5.84. The fourth-order valence-corrected chi connectivity index (χ4v) is 4.28. The lowest BCUT2D eigenvalue weighted by Gasteiger charge is -2.32. The standard InChI is InChI=1S/C15H23FN2O3S/c1-11(2)17-22(19,20)18-9-5-6-12(10-18)13-7-4-8-14(21-3)15(13)16/h4,7-8,11-12,17H,5-6,9-10H2,1-3H3. The van der Waals surface area contributed by atoms with E-state index in [1.165, 1.54) is 11.4 Å². The molecule has 124 valence electrons. The number of rotatable bonds is 5. The van der Waals surface area contributed by atoms with Crippen molar-refractivity contribution in [3.05, 3.63) is 29.6 Å². The third-order valence-electron chi connectivity index (χ3n) is 3.76. The predicted molar refractivity (Wildman–Crippen MR) is 83.7 cm³/mol. The molecule has 7 heteroatoms. The number of hydrogen-bond donors (Lipinski definition) is 1. The summed E-state index contributed by atoms with van der Waals surface area (Å²) in [6.07, 6.45) is 1.47. The van der Waals surface area contributed by atoms with Crippen LogP contribution >= 0.6 is 0 Å². The number of piperidine rings is 1. The minimum Gasteiger partial charge on any atom is -0.494 e. The lowest BCUT2D eigenvalue weighted by Crippen LogP contribution is -2.47. The normalized spacial score (nSPS) is 20.3. The third kappa shape index (κ3) is 3.77. The molecule has 1 aliphatic rings. The van der Waals surface area contributed by atoms with Gasteiger partial charge in [0.15, 0.2) is 11.6 Å². The van der Waals surface area contributed by atoms with Gasteiger partial charge in [-0.1, -0.05) is 12.1 Å². The molecule has 1 N–H and O–H groups in total. The second kappa shape index (κ2) is 6.93. The van der Waals surface area contributed by atoms with Crippen molar-refractivity contribution in [1.29, 1.82) is 0 Å². The molecule has 1 fully saturated rings. The Kier molecular flexibility index (Phi) is 5.41. The molecular formula is C15H23FN2O3S. The van der Waals surface area contributed by atoms with E-state index in [2.05, 4.69) is 4.72 Å². The number of ether oxygens (including phenoxy) is 1. The molecule has 1 unspecified atom stereocenters. The molecule has 1 aliphatic heterocycles. The third-order valence-corrected chi connectivity index (χ3v) is 5.54. The lowest BCUT2D eigenvalue weighted by molar-refractivity contribution is 0.303. The van der Waals surface area contributed by atoms with Crippen LogP contribution < -0.4 is 9.46 Å². The van der Waals surface area contributed by atoms with E-state index in [0.717, 1.165) is 6.42 Å². The van der Waals surface area contributed by atoms with Crippen LogP contribution in [0.15, 0.2) is 18.2 Å². The molecule has 0 bridgehead atoms. The maximum atomic E-state index is 14.4. The molecule has 5 nitrogen and oxygen atoms in total. The van der Waals surface area contributed by atoms with E-state index in [4.69, 9.17) is 4.74 Å². The van der Waals surface area contributed by atoms with Gasteiger partial charge in [0.25, 0.3) is 10.2 Å². The van der Waals surface area contributed by atoms with E-state index in [0.29, 0.717) is 18.5 Å². The highest BCUT2D eigenvalue weighted by Crippen LogP contribution is 2.32. The van der Waals surface area contributed by atoms with Crippen LogP contribution in [0.5, 0.6) is 5.75 Å². The molecule has 1 heterocycles. The zero-order valence-corrected chi connectivity index (χ0v) is 14.0. The summed E-state index contributed by atoms with van der Waals surface area (Å²) in [6.45, 7) is 4.30. The Balaban J connectivity index is 2.21. The molecule has 0 spiro atoms. The van der Waals surface area contributed by atoms with E-state index in [-0.39, 0.29) is 24.3 Å². The number of benzene rings is 1. The van der Waals surface area contributed by atoms with Gasteiger partial charge in [-0.05, 0) is 38.3 Å². The van der Waals surface area contributed by atoms with Crippen molar-refractivity contribution in [2.45, 2.75) is 38.6 Å². The van der Waals surface area contributed by atoms with Gasteiger partial charge in [0.05, 0.1) is 7.11 Å². The molecule has 1 saturated heterocycles. The Morgan fingerprint density at radius 1 is 1.41 bits per heavy atom. The highest BCUT2D eigenvalue weighted by atomic mass is 32.2. The van der Waals surface area contributed by atoms with Crippen molar-refractivity contribution < 1.29 is 17.5 Å². The Bertz CT molecular complexity index is 619. The van der Waals surface area contributed by atoms with Crippen LogP contribution in [0.3, 0.4) is 0 Å². The summed E-state index contributed by atoms with van der Waals surface area (Å²) < 4.78 is 47.9. The topological polar surface area (TPSA) is 58.6 Å². The quantitative estimate of drug-likeness (QED) is 0.901. The molecule has 0 amide bonds. The molecule has 1 atom stereocenters. The summed E-state index contributed by atoms with van der Waals surface area (Å²) in [6, 6.07) is 4.83. The minimum absolute atomic E-state index is 0.160. The smallest absolute Gasteiger partial charge is 0.279 e. The SMILES string of the molecule is COc1cccc(C2CCCN(S(=O)(=O)NC(C)C)C2)c1F. The van der Waals surface area contributed by atoms with Crippen LogP contribution in [0, 0.1) is 5.82 Å². The lowest BCUT2D eigenvalue weighted by atomic mass is 9.91. The fraction of sp³-hybridized carbons (Fsp3) is 0.600. The average Bonchev–Trinajstić information content (AvgIpc) is 2.46. The van der Waals surface area contributed by atoms with Crippen LogP contribution in [0.2, 0.25) is 0 Å². The van der Waals surface area contributed by atoms with Crippen LogP contribution in [-0.2, 0) is 10.2 Å². The van der Waals surface area contributed by atoms with Crippen molar-refractivity contribution in [2.24, 2.45) is 0 Å². The van der Waals surface area contributed by atoms with Crippen LogP contribution in [0.4, 0.5) is 4.39 Å². The average molecular weight is 330 g/mol. The first-order valence-corrected chi connectivity index (χ1v) is 8.89. The molecular weight excluding hydrogens is 307 g/mol. The van der Waals surface area contributed by atoms with Gasteiger partial charge >= 0.3 is 0 Å². The highest BCUT2D eigenvalue weighted by molar-refractivity contribution is 7.87. The van der Waals surface area contributed by atoms with E-state index in [1.54, 1.807) is 32.0 Å². The van der Waals surface area contributed by atoms with Gasteiger partial charge in [0, 0.05) is 25.0 Å². The summed E-state index contributed by atoms with van der Waals surface area (Å²) >= 11 is 0. The number of nitrogens with zero attached hydrogens (tertiary/aromatic N) is 1. The van der Waals surface area contributed by atoms with Crippen molar-refractivity contribution in [3.63, 3.8) is 0 Å². The van der Waals surface area contributed by atoms with Gasteiger partial charge in [0.1, 0.15) is 0 Å². The zero-order chi connectivity index (χ0) is 16.3. The Morgan fingerprint density at radius 2 is 2.14 bits per heavy atom. The largest absolute Gasteiger partial charge is 0.494 e. The Labute approximate surface area is 131 Å². The molecule has 0 aromatic heterocycles. The summed E-state index contributed by atoms with van der Waals surface area (Å²) in [5, 5.41) is 0. The molecule has 1 aromatic carbocycles. The Hall–Kier alpha value is -1.18. The van der Waals surface area contributed by atoms with Crippen LogP contribution in [0.25, 0.3) is 0 Å². The summed E-state index contributed by atoms with van der Waals surface area (Å²) in [7, 11) is -2.10. The van der Waals surface area contributed by atoms with Gasteiger partial charge in [-0.2, -0.15) is 17.4 Å². The van der Waals surface area contributed by atoms with Crippen LogP contribution in [0.1, 0.15) is 38.2 Å². The molecule has 0 aliphatic carbocycles. The first-order valence-electron chi connectivity index (χ1n) is 7.45. The minimum atomic E-state index is -3.52. The van der Waals surface area contributed by atoms with Crippen molar-refractivity contribution in [3.8, 4) is 5.75 Å². The fourth-order valence-electron chi connectivity index (χ4n) is 2.79. The van der Waals surface area contributed by atoms with Gasteiger partial charge in [-0.15, -0.1) is 0 Å². The predicted octanol–water partition coefficient (Wildman–Crippen LogP) is 2.26. The van der Waals surface area contributed by atoms with Crippen molar-refractivity contribution in [1.82, 2.24) is 9.03 Å². The van der Waals surface area contributed by atoms with Crippen LogP contribution in [-0.4, -0.2) is 39.0 Å². The number of hydrogen-bond acceptors (Lipinski definition) is 3. The maximum absolute atomic E-state index is 14.4. The molecule has 1 aromatic rings. The molecule has 0 radical (unpaired) electrons. The first-order chi connectivity index (χ1) is 10.3. The molecule has 2 rings (SSSR count).